The molecule has 0 atom stereocenters. The lowest BCUT2D eigenvalue weighted by Crippen LogP contribution is -2.05. The molecule has 0 aliphatic heterocycles. The molecular weight excluding hydrogens is 349 g/mol. The summed E-state index contributed by atoms with van der Waals surface area (Å²) in [6.07, 6.45) is -4.48. The van der Waals surface area contributed by atoms with Gasteiger partial charge in [0.1, 0.15) is 5.56 Å². The second kappa shape index (κ2) is 5.72. The Bertz CT molecular complexity index is 937. The topological polar surface area (TPSA) is 75.4 Å². The zero-order valence-corrected chi connectivity index (χ0v) is 12.4. The van der Waals surface area contributed by atoms with E-state index in [1.165, 1.54) is 24.3 Å². The number of alkyl halides is 3. The number of nitrogens with zero attached hydrogens (tertiary/aromatic N) is 1. The van der Waals surface area contributed by atoms with Crippen LogP contribution < -0.4 is 5.32 Å². The van der Waals surface area contributed by atoms with Crippen molar-refractivity contribution >= 4 is 40.0 Å². The Hall–Kier alpha value is -2.74. The Kier molecular flexibility index (Phi) is 3.84. The van der Waals surface area contributed by atoms with Crippen LogP contribution in [-0.2, 0) is 6.18 Å². The average Bonchev–Trinajstić information content (AvgIpc) is 2.89. The van der Waals surface area contributed by atoms with Crippen LogP contribution in [0.5, 0.6) is 0 Å². The molecule has 0 saturated carbocycles. The molecule has 0 radical (unpaired) electrons. The molecule has 0 aliphatic rings. The summed E-state index contributed by atoms with van der Waals surface area (Å²) in [5.41, 5.74) is -1.02. The average molecular weight is 357 g/mol. The van der Waals surface area contributed by atoms with E-state index < -0.39 is 17.7 Å². The summed E-state index contributed by atoms with van der Waals surface area (Å²) in [7, 11) is 0. The molecule has 1 heterocycles. The van der Waals surface area contributed by atoms with Crippen LogP contribution in [-0.4, -0.2) is 16.2 Å². The molecule has 0 spiro atoms. The molecule has 0 amide bonds. The molecule has 0 bridgehead atoms. The van der Waals surface area contributed by atoms with Crippen LogP contribution in [0.1, 0.15) is 15.9 Å². The van der Waals surface area contributed by atoms with Gasteiger partial charge >= 0.3 is 12.1 Å². The zero-order valence-electron chi connectivity index (χ0n) is 11.7. The number of carboxylic acid groups (broad SMARTS) is 1. The maximum Gasteiger partial charge on any atom is 0.416 e. The van der Waals surface area contributed by atoms with Gasteiger partial charge in [-0.3, -0.25) is 0 Å². The van der Waals surface area contributed by atoms with Crippen molar-refractivity contribution in [3.05, 3.63) is 52.5 Å². The van der Waals surface area contributed by atoms with Crippen molar-refractivity contribution in [3.63, 3.8) is 0 Å². The molecular formula is C15H8ClF3N2O3. The summed E-state index contributed by atoms with van der Waals surface area (Å²) in [6.45, 7) is 0. The number of aromatic carboxylic acids is 1. The molecule has 2 aromatic carbocycles. The lowest BCUT2D eigenvalue weighted by Gasteiger charge is -2.09. The van der Waals surface area contributed by atoms with Gasteiger partial charge in [-0.1, -0.05) is 22.8 Å². The van der Waals surface area contributed by atoms with Crippen molar-refractivity contribution in [2.45, 2.75) is 6.18 Å². The zero-order chi connectivity index (χ0) is 17.5. The molecule has 0 fully saturated rings. The third kappa shape index (κ3) is 2.88. The van der Waals surface area contributed by atoms with Crippen molar-refractivity contribution in [2.24, 2.45) is 0 Å². The van der Waals surface area contributed by atoms with Crippen molar-refractivity contribution in [1.82, 2.24) is 5.16 Å². The summed E-state index contributed by atoms with van der Waals surface area (Å²) in [5, 5.41) is 15.8. The van der Waals surface area contributed by atoms with E-state index in [1.807, 2.05) is 0 Å². The third-order valence-corrected chi connectivity index (χ3v) is 3.57. The molecule has 9 heteroatoms. The molecule has 3 aromatic rings. The van der Waals surface area contributed by atoms with Crippen LogP contribution in [0.2, 0.25) is 5.02 Å². The summed E-state index contributed by atoms with van der Waals surface area (Å²) in [4.78, 5) is 11.2. The quantitative estimate of drug-likeness (QED) is 0.695. The van der Waals surface area contributed by atoms with E-state index in [9.17, 15) is 23.1 Å². The monoisotopic (exact) mass is 356 g/mol. The summed E-state index contributed by atoms with van der Waals surface area (Å²) in [6, 6.07) is 7.33. The van der Waals surface area contributed by atoms with E-state index in [0.717, 1.165) is 12.1 Å². The third-order valence-electron chi connectivity index (χ3n) is 3.26. The van der Waals surface area contributed by atoms with Gasteiger partial charge in [0.2, 0.25) is 0 Å². The highest BCUT2D eigenvalue weighted by molar-refractivity contribution is 6.35. The number of aromatic nitrogens is 1. The van der Waals surface area contributed by atoms with Crippen LogP contribution in [0.25, 0.3) is 11.0 Å². The first kappa shape index (κ1) is 16.1. The highest BCUT2D eigenvalue weighted by Crippen LogP contribution is 2.34. The summed E-state index contributed by atoms with van der Waals surface area (Å²) >= 11 is 5.82. The largest absolute Gasteiger partial charge is 0.477 e. The van der Waals surface area contributed by atoms with Crippen molar-refractivity contribution < 1.29 is 27.6 Å². The van der Waals surface area contributed by atoms with E-state index in [0.29, 0.717) is 0 Å². The van der Waals surface area contributed by atoms with Crippen molar-refractivity contribution in [3.8, 4) is 0 Å². The number of halogens is 4. The van der Waals surface area contributed by atoms with Gasteiger partial charge in [-0.2, -0.15) is 13.2 Å². The summed E-state index contributed by atoms with van der Waals surface area (Å²) in [5.74, 6) is -1.21. The van der Waals surface area contributed by atoms with Gasteiger partial charge in [-0.25, -0.2) is 4.79 Å². The SMILES string of the molecule is O=C(O)c1c(Cl)ccc2c(Nc3cccc(C(F)(F)F)c3)noc12. The minimum absolute atomic E-state index is 0.0308. The van der Waals surface area contributed by atoms with Crippen molar-refractivity contribution in [2.75, 3.05) is 5.32 Å². The first-order valence-electron chi connectivity index (χ1n) is 6.53. The lowest BCUT2D eigenvalue weighted by atomic mass is 10.1. The predicted octanol–water partition coefficient (Wildman–Crippen LogP) is 4.94. The highest BCUT2D eigenvalue weighted by Gasteiger charge is 2.30. The van der Waals surface area contributed by atoms with Gasteiger partial charge in [0, 0.05) is 5.69 Å². The fraction of sp³-hybridized carbons (Fsp3) is 0.0667. The van der Waals surface area contributed by atoms with Gasteiger partial charge in [-0.05, 0) is 30.3 Å². The second-order valence-corrected chi connectivity index (χ2v) is 5.25. The number of nitrogens with one attached hydrogen (secondary N) is 1. The van der Waals surface area contributed by atoms with Crippen LogP contribution in [0.3, 0.4) is 0 Å². The Balaban J connectivity index is 2.03. The van der Waals surface area contributed by atoms with Crippen LogP contribution >= 0.6 is 11.6 Å². The van der Waals surface area contributed by atoms with Crippen molar-refractivity contribution in [1.29, 1.82) is 0 Å². The number of rotatable bonds is 3. The molecule has 1 aromatic heterocycles. The molecule has 2 N–H and O–H groups in total. The molecule has 5 nitrogen and oxygen atoms in total. The van der Waals surface area contributed by atoms with E-state index in [-0.39, 0.29) is 33.1 Å². The van der Waals surface area contributed by atoms with Gasteiger partial charge in [-0.15, -0.1) is 0 Å². The number of hydrogen-bond acceptors (Lipinski definition) is 4. The standard InChI is InChI=1S/C15H8ClF3N2O3/c16-10-5-4-9-12(11(10)14(22)23)24-21-13(9)20-8-3-1-2-7(6-8)15(17,18)19/h1-6H,(H,20,21)(H,22,23). The molecule has 0 unspecified atom stereocenters. The van der Waals surface area contributed by atoms with Gasteiger partial charge in [0.25, 0.3) is 0 Å². The fourth-order valence-corrected chi connectivity index (χ4v) is 2.41. The minimum atomic E-state index is -4.48. The second-order valence-electron chi connectivity index (χ2n) is 4.84. The summed E-state index contributed by atoms with van der Waals surface area (Å²) < 4.78 is 43.2. The number of carbonyl (C=O) groups is 1. The number of benzene rings is 2. The Labute approximate surface area is 137 Å². The van der Waals surface area contributed by atoms with E-state index in [1.54, 1.807) is 0 Å². The van der Waals surface area contributed by atoms with E-state index >= 15 is 0 Å². The van der Waals surface area contributed by atoms with Crippen LogP contribution in [0.4, 0.5) is 24.7 Å². The molecule has 3 rings (SSSR count). The Morgan fingerprint density at radius 2 is 2.00 bits per heavy atom. The van der Waals surface area contributed by atoms with Gasteiger partial charge in [0.05, 0.1) is 16.0 Å². The first-order valence-corrected chi connectivity index (χ1v) is 6.90. The lowest BCUT2D eigenvalue weighted by molar-refractivity contribution is -0.137. The van der Waals surface area contributed by atoms with E-state index in [4.69, 9.17) is 16.1 Å². The Morgan fingerprint density at radius 1 is 1.25 bits per heavy atom. The molecule has 124 valence electrons. The number of carboxylic acids is 1. The maximum absolute atomic E-state index is 12.7. The molecule has 24 heavy (non-hydrogen) atoms. The molecule has 0 saturated heterocycles. The van der Waals surface area contributed by atoms with Crippen LogP contribution in [0, 0.1) is 0 Å². The first-order chi connectivity index (χ1) is 11.3. The van der Waals surface area contributed by atoms with Crippen LogP contribution in [0.15, 0.2) is 40.9 Å². The number of hydrogen-bond donors (Lipinski definition) is 2. The number of fused-ring (bicyclic) bond motifs is 1. The maximum atomic E-state index is 12.7. The predicted molar refractivity (Wildman–Crippen MR) is 80.7 cm³/mol. The minimum Gasteiger partial charge on any atom is -0.477 e. The molecule has 0 aliphatic carbocycles. The van der Waals surface area contributed by atoms with Gasteiger partial charge in [0.15, 0.2) is 11.4 Å². The van der Waals surface area contributed by atoms with E-state index in [2.05, 4.69) is 10.5 Å². The highest BCUT2D eigenvalue weighted by atomic mass is 35.5. The van der Waals surface area contributed by atoms with Gasteiger partial charge < -0.3 is 14.9 Å². The Morgan fingerprint density at radius 3 is 2.67 bits per heavy atom. The fourth-order valence-electron chi connectivity index (χ4n) is 2.18. The smallest absolute Gasteiger partial charge is 0.416 e. The number of anilines is 2. The normalized spacial score (nSPS) is 11.7.